The van der Waals surface area contributed by atoms with Gasteiger partial charge in [0.05, 0.1) is 12.1 Å². The van der Waals surface area contributed by atoms with Crippen LogP contribution in [0, 0.1) is 0 Å². The van der Waals surface area contributed by atoms with E-state index >= 15 is 0 Å². The van der Waals surface area contributed by atoms with Crippen molar-refractivity contribution in [3.05, 3.63) is 5.56 Å². The lowest BCUT2D eigenvalue weighted by atomic mass is 10.3. The molecule has 2 rings (SSSR count). The maximum atomic E-state index is 5.52. The third-order valence-electron chi connectivity index (χ3n) is 1.43. The molecule has 0 unspecified atom stereocenters. The van der Waals surface area contributed by atoms with Gasteiger partial charge in [-0.3, -0.25) is 0 Å². The second kappa shape index (κ2) is 1.88. The molecule has 0 amide bonds. The maximum Gasteiger partial charge on any atom is 0.224 e. The zero-order valence-electron chi connectivity index (χ0n) is 5.65. The molecule has 56 valence electrons. The van der Waals surface area contributed by atoms with E-state index in [9.17, 15) is 0 Å². The third-order valence-corrected chi connectivity index (χ3v) is 1.43. The molecular formula is C5H6N6. The van der Waals surface area contributed by atoms with E-state index in [1.54, 1.807) is 0 Å². The average molecular weight is 150 g/mol. The van der Waals surface area contributed by atoms with Crippen LogP contribution >= 0.6 is 0 Å². The highest BCUT2D eigenvalue weighted by molar-refractivity contribution is 5.56. The summed E-state index contributed by atoms with van der Waals surface area (Å²) in [7, 11) is 0. The van der Waals surface area contributed by atoms with Crippen molar-refractivity contribution in [3.8, 4) is 0 Å². The fraction of sp³-hybridized carbons (Fsp3) is 0.200. The Hall–Kier alpha value is -1.72. The van der Waals surface area contributed by atoms with Gasteiger partial charge in [0.1, 0.15) is 5.82 Å². The summed E-state index contributed by atoms with van der Waals surface area (Å²) in [6.45, 7) is 0.460. The second-order valence-corrected chi connectivity index (χ2v) is 2.17. The number of anilines is 2. The van der Waals surface area contributed by atoms with E-state index in [1.165, 1.54) is 0 Å². The predicted octanol–water partition coefficient (Wildman–Crippen LogP) is 0.238. The highest BCUT2D eigenvalue weighted by Gasteiger charge is 2.14. The smallest absolute Gasteiger partial charge is 0.224 e. The topological polar surface area (TPSA) is 103 Å². The fourth-order valence-electron chi connectivity index (χ4n) is 0.914. The second-order valence-electron chi connectivity index (χ2n) is 2.17. The monoisotopic (exact) mass is 150 g/mol. The first-order chi connectivity index (χ1) is 5.27. The highest BCUT2D eigenvalue weighted by Crippen LogP contribution is 2.28. The molecule has 0 aliphatic carbocycles. The molecule has 0 saturated heterocycles. The summed E-state index contributed by atoms with van der Waals surface area (Å²) in [5, 5.41) is 7.48. The Kier molecular flexibility index (Phi) is 1.03. The zero-order chi connectivity index (χ0) is 7.84. The van der Waals surface area contributed by atoms with Crippen molar-refractivity contribution >= 4 is 17.6 Å². The predicted molar refractivity (Wildman–Crippen MR) is 39.1 cm³/mol. The van der Waals surface area contributed by atoms with Crippen LogP contribution in [-0.2, 0) is 6.54 Å². The van der Waals surface area contributed by atoms with Crippen LogP contribution < -0.4 is 11.5 Å². The molecule has 4 N–H and O–H groups in total. The lowest BCUT2D eigenvalue weighted by Crippen LogP contribution is -2.01. The molecule has 0 spiro atoms. The Morgan fingerprint density at radius 2 is 2.00 bits per heavy atom. The first kappa shape index (κ1) is 6.02. The lowest BCUT2D eigenvalue weighted by molar-refractivity contribution is 1.04. The number of fused-ring (bicyclic) bond motifs is 1. The minimum absolute atomic E-state index is 0.141. The van der Waals surface area contributed by atoms with E-state index in [1.807, 2.05) is 0 Å². The van der Waals surface area contributed by atoms with E-state index < -0.39 is 0 Å². The number of azo groups is 1. The van der Waals surface area contributed by atoms with Crippen LogP contribution in [0.4, 0.5) is 17.6 Å². The number of hydrogen-bond acceptors (Lipinski definition) is 6. The summed E-state index contributed by atoms with van der Waals surface area (Å²) in [5.74, 6) is 1.01. The highest BCUT2D eigenvalue weighted by atomic mass is 15.2. The molecule has 11 heavy (non-hydrogen) atoms. The van der Waals surface area contributed by atoms with Crippen molar-refractivity contribution in [2.24, 2.45) is 10.2 Å². The molecule has 0 fully saturated rings. The molecule has 2 heterocycles. The Labute approximate surface area is 62.4 Å². The quantitative estimate of drug-likeness (QED) is 0.552. The molecule has 1 aromatic rings. The van der Waals surface area contributed by atoms with E-state index in [2.05, 4.69) is 20.2 Å². The SMILES string of the molecule is Nc1nc(N)c2c(n1)N=NC2. The minimum atomic E-state index is 0.141. The molecule has 0 bridgehead atoms. The Morgan fingerprint density at radius 3 is 2.82 bits per heavy atom. The van der Waals surface area contributed by atoms with E-state index in [4.69, 9.17) is 11.5 Å². The van der Waals surface area contributed by atoms with Crippen molar-refractivity contribution < 1.29 is 0 Å². The van der Waals surface area contributed by atoms with Gasteiger partial charge in [-0.15, -0.1) is 5.11 Å². The number of aromatic nitrogens is 2. The van der Waals surface area contributed by atoms with Gasteiger partial charge in [-0.05, 0) is 0 Å². The van der Waals surface area contributed by atoms with Crippen LogP contribution in [0.3, 0.4) is 0 Å². The molecule has 1 aromatic heterocycles. The largest absolute Gasteiger partial charge is 0.383 e. The summed E-state index contributed by atoms with van der Waals surface area (Å²) in [5.41, 5.74) is 11.6. The molecule has 6 nitrogen and oxygen atoms in total. The first-order valence-corrected chi connectivity index (χ1v) is 3.07. The molecule has 0 aromatic carbocycles. The average Bonchev–Trinajstić information content (AvgIpc) is 2.34. The van der Waals surface area contributed by atoms with Crippen LogP contribution in [0.5, 0.6) is 0 Å². The Morgan fingerprint density at radius 1 is 1.18 bits per heavy atom. The third kappa shape index (κ3) is 0.794. The van der Waals surface area contributed by atoms with Gasteiger partial charge in [0, 0.05) is 0 Å². The summed E-state index contributed by atoms with van der Waals surface area (Å²) >= 11 is 0. The maximum absolute atomic E-state index is 5.52. The summed E-state index contributed by atoms with van der Waals surface area (Å²) in [4.78, 5) is 7.61. The van der Waals surface area contributed by atoms with Crippen LogP contribution in [0.15, 0.2) is 10.2 Å². The van der Waals surface area contributed by atoms with Crippen molar-refractivity contribution in [1.29, 1.82) is 0 Å². The minimum Gasteiger partial charge on any atom is -0.383 e. The fourth-order valence-corrected chi connectivity index (χ4v) is 0.914. The van der Waals surface area contributed by atoms with E-state index in [0.717, 1.165) is 5.56 Å². The number of nitrogen functional groups attached to an aromatic ring is 2. The summed E-state index contributed by atoms with van der Waals surface area (Å²) in [6, 6.07) is 0. The Bertz CT molecular complexity index is 330. The normalized spacial score (nSPS) is 13.5. The molecular weight excluding hydrogens is 144 g/mol. The molecule has 6 heteroatoms. The molecule has 1 aliphatic rings. The number of rotatable bonds is 0. The molecule has 0 radical (unpaired) electrons. The van der Waals surface area contributed by atoms with Gasteiger partial charge in [0.15, 0.2) is 5.82 Å². The van der Waals surface area contributed by atoms with Gasteiger partial charge in [-0.1, -0.05) is 0 Å². The van der Waals surface area contributed by atoms with Gasteiger partial charge in [-0.2, -0.15) is 15.1 Å². The number of hydrogen-bond donors (Lipinski definition) is 2. The number of nitrogens with two attached hydrogens (primary N) is 2. The van der Waals surface area contributed by atoms with Crippen molar-refractivity contribution in [1.82, 2.24) is 9.97 Å². The molecule has 0 saturated carbocycles. The van der Waals surface area contributed by atoms with Crippen LogP contribution in [0.25, 0.3) is 0 Å². The lowest BCUT2D eigenvalue weighted by Gasteiger charge is -1.98. The number of nitrogens with zero attached hydrogens (tertiary/aromatic N) is 4. The van der Waals surface area contributed by atoms with E-state index in [-0.39, 0.29) is 5.95 Å². The van der Waals surface area contributed by atoms with Crippen molar-refractivity contribution in [2.75, 3.05) is 11.5 Å². The van der Waals surface area contributed by atoms with Gasteiger partial charge in [0.2, 0.25) is 5.95 Å². The van der Waals surface area contributed by atoms with E-state index in [0.29, 0.717) is 18.2 Å². The van der Waals surface area contributed by atoms with Crippen LogP contribution in [0.2, 0.25) is 0 Å². The summed E-state index contributed by atoms with van der Waals surface area (Å²) in [6.07, 6.45) is 0. The van der Waals surface area contributed by atoms with Crippen molar-refractivity contribution in [2.45, 2.75) is 6.54 Å². The Balaban J connectivity index is 2.66. The van der Waals surface area contributed by atoms with Gasteiger partial charge >= 0.3 is 0 Å². The summed E-state index contributed by atoms with van der Waals surface area (Å²) < 4.78 is 0. The van der Waals surface area contributed by atoms with Crippen LogP contribution in [-0.4, -0.2) is 9.97 Å². The van der Waals surface area contributed by atoms with Gasteiger partial charge in [0.25, 0.3) is 0 Å². The molecule has 1 aliphatic heterocycles. The van der Waals surface area contributed by atoms with Crippen molar-refractivity contribution in [3.63, 3.8) is 0 Å². The molecule has 0 atom stereocenters. The van der Waals surface area contributed by atoms with Gasteiger partial charge in [-0.25, -0.2) is 0 Å². The van der Waals surface area contributed by atoms with Gasteiger partial charge < -0.3 is 11.5 Å². The standard InChI is InChI=1S/C5H6N6/c6-3-2-1-8-11-4(2)10-5(7)9-3/h1H2,(H4,6,7,9,10). The zero-order valence-corrected chi connectivity index (χ0v) is 5.65. The first-order valence-electron chi connectivity index (χ1n) is 3.07. The van der Waals surface area contributed by atoms with Crippen LogP contribution in [0.1, 0.15) is 5.56 Å².